The van der Waals surface area contributed by atoms with Gasteiger partial charge in [0.05, 0.1) is 13.4 Å². The number of rotatable bonds is 6. The lowest BCUT2D eigenvalue weighted by Crippen LogP contribution is -2.18. The van der Waals surface area contributed by atoms with Gasteiger partial charge in [0.2, 0.25) is 5.91 Å². The SMILES string of the molecule is COc1ccc(NC(=O)C[C@H](c2ccco2)C(C)C)cc1. The molecule has 0 fully saturated rings. The minimum Gasteiger partial charge on any atom is -0.497 e. The highest BCUT2D eigenvalue weighted by Crippen LogP contribution is 2.28. The zero-order valence-corrected chi connectivity index (χ0v) is 12.6. The molecule has 4 nitrogen and oxygen atoms in total. The quantitative estimate of drug-likeness (QED) is 0.871. The highest BCUT2D eigenvalue weighted by Gasteiger charge is 2.22. The predicted molar refractivity (Wildman–Crippen MR) is 82.5 cm³/mol. The van der Waals surface area contributed by atoms with Crippen LogP contribution >= 0.6 is 0 Å². The number of carbonyl (C=O) groups is 1. The summed E-state index contributed by atoms with van der Waals surface area (Å²) in [5.41, 5.74) is 0.766. The van der Waals surface area contributed by atoms with Gasteiger partial charge >= 0.3 is 0 Å². The number of nitrogens with one attached hydrogen (secondary N) is 1. The summed E-state index contributed by atoms with van der Waals surface area (Å²) in [7, 11) is 1.62. The molecule has 0 saturated carbocycles. The van der Waals surface area contributed by atoms with Crippen molar-refractivity contribution in [2.75, 3.05) is 12.4 Å². The summed E-state index contributed by atoms with van der Waals surface area (Å²) in [6.45, 7) is 4.18. The van der Waals surface area contributed by atoms with Crippen molar-refractivity contribution in [1.82, 2.24) is 0 Å². The van der Waals surface area contributed by atoms with Crippen molar-refractivity contribution in [1.29, 1.82) is 0 Å². The second kappa shape index (κ2) is 6.97. The summed E-state index contributed by atoms with van der Waals surface area (Å²) in [5.74, 6) is 2.02. The molecule has 1 N–H and O–H groups in total. The van der Waals surface area contributed by atoms with Crippen LogP contribution in [0, 0.1) is 5.92 Å². The molecule has 112 valence electrons. The van der Waals surface area contributed by atoms with E-state index in [4.69, 9.17) is 9.15 Å². The van der Waals surface area contributed by atoms with E-state index in [0.717, 1.165) is 17.2 Å². The maximum absolute atomic E-state index is 12.2. The smallest absolute Gasteiger partial charge is 0.225 e. The second-order valence-electron chi connectivity index (χ2n) is 5.35. The van der Waals surface area contributed by atoms with Crippen LogP contribution in [0.4, 0.5) is 5.69 Å². The van der Waals surface area contributed by atoms with Gasteiger partial charge in [-0.2, -0.15) is 0 Å². The van der Waals surface area contributed by atoms with Gasteiger partial charge in [0.15, 0.2) is 0 Å². The van der Waals surface area contributed by atoms with E-state index in [0.29, 0.717) is 12.3 Å². The normalized spacial score (nSPS) is 12.2. The molecule has 0 spiro atoms. The van der Waals surface area contributed by atoms with Gasteiger partial charge in [-0.1, -0.05) is 13.8 Å². The van der Waals surface area contributed by atoms with Crippen LogP contribution in [0.25, 0.3) is 0 Å². The number of benzene rings is 1. The number of carbonyl (C=O) groups excluding carboxylic acids is 1. The molecule has 0 aliphatic rings. The summed E-state index contributed by atoms with van der Waals surface area (Å²) in [6, 6.07) is 11.1. The third-order valence-corrected chi connectivity index (χ3v) is 3.49. The molecule has 0 bridgehead atoms. The molecule has 2 rings (SSSR count). The van der Waals surface area contributed by atoms with Crippen molar-refractivity contribution in [2.45, 2.75) is 26.2 Å². The summed E-state index contributed by atoms with van der Waals surface area (Å²) in [4.78, 5) is 12.2. The lowest BCUT2D eigenvalue weighted by molar-refractivity contribution is -0.116. The van der Waals surface area contributed by atoms with Gasteiger partial charge in [0.1, 0.15) is 11.5 Å². The molecule has 21 heavy (non-hydrogen) atoms. The Hall–Kier alpha value is -2.23. The van der Waals surface area contributed by atoms with E-state index in [1.165, 1.54) is 0 Å². The van der Waals surface area contributed by atoms with Gasteiger partial charge in [-0.25, -0.2) is 0 Å². The number of hydrogen-bond donors (Lipinski definition) is 1. The molecule has 1 aromatic carbocycles. The average molecular weight is 287 g/mol. The van der Waals surface area contributed by atoms with Gasteiger partial charge in [-0.05, 0) is 42.3 Å². The van der Waals surface area contributed by atoms with Gasteiger partial charge < -0.3 is 14.5 Å². The molecule has 1 amide bonds. The fourth-order valence-electron chi connectivity index (χ4n) is 2.25. The second-order valence-corrected chi connectivity index (χ2v) is 5.35. The summed E-state index contributed by atoms with van der Waals surface area (Å²) in [6.07, 6.45) is 2.04. The van der Waals surface area contributed by atoms with E-state index in [-0.39, 0.29) is 11.8 Å². The Labute approximate surface area is 125 Å². The van der Waals surface area contributed by atoms with E-state index in [1.54, 1.807) is 13.4 Å². The number of hydrogen-bond acceptors (Lipinski definition) is 3. The molecule has 1 heterocycles. The van der Waals surface area contributed by atoms with E-state index >= 15 is 0 Å². The van der Waals surface area contributed by atoms with Crippen LogP contribution < -0.4 is 10.1 Å². The summed E-state index contributed by atoms with van der Waals surface area (Å²) >= 11 is 0. The van der Waals surface area contributed by atoms with E-state index in [1.807, 2.05) is 36.4 Å². The Morgan fingerprint density at radius 1 is 1.24 bits per heavy atom. The van der Waals surface area contributed by atoms with E-state index in [2.05, 4.69) is 19.2 Å². The fourth-order valence-corrected chi connectivity index (χ4v) is 2.25. The lowest BCUT2D eigenvalue weighted by atomic mass is 9.90. The van der Waals surface area contributed by atoms with Gasteiger partial charge in [-0.15, -0.1) is 0 Å². The lowest BCUT2D eigenvalue weighted by Gasteiger charge is -2.18. The standard InChI is InChI=1S/C17H21NO3/c1-12(2)15(16-5-4-10-21-16)11-17(19)18-13-6-8-14(20-3)9-7-13/h4-10,12,15H,11H2,1-3H3,(H,18,19)/t15-/m0/s1. The largest absolute Gasteiger partial charge is 0.497 e. The first-order chi connectivity index (χ1) is 10.1. The van der Waals surface area contributed by atoms with Crippen molar-refractivity contribution in [3.8, 4) is 5.75 Å². The Bertz CT molecular complexity index is 558. The van der Waals surface area contributed by atoms with Gasteiger partial charge in [-0.3, -0.25) is 4.79 Å². The molecule has 1 atom stereocenters. The van der Waals surface area contributed by atoms with Crippen LogP contribution in [0.2, 0.25) is 0 Å². The van der Waals surface area contributed by atoms with Crippen molar-refractivity contribution < 1.29 is 13.9 Å². The van der Waals surface area contributed by atoms with Crippen LogP contribution in [0.1, 0.15) is 31.9 Å². The molecule has 0 saturated heterocycles. The fraction of sp³-hybridized carbons (Fsp3) is 0.353. The first kappa shape index (κ1) is 15.2. The zero-order chi connectivity index (χ0) is 15.2. The van der Waals surface area contributed by atoms with Crippen molar-refractivity contribution in [3.63, 3.8) is 0 Å². The third-order valence-electron chi connectivity index (χ3n) is 3.49. The van der Waals surface area contributed by atoms with Crippen LogP contribution in [0.3, 0.4) is 0 Å². The van der Waals surface area contributed by atoms with Crippen LogP contribution in [0.15, 0.2) is 47.1 Å². The summed E-state index contributed by atoms with van der Waals surface area (Å²) in [5, 5.41) is 2.90. The maximum atomic E-state index is 12.2. The zero-order valence-electron chi connectivity index (χ0n) is 12.6. The summed E-state index contributed by atoms with van der Waals surface area (Å²) < 4.78 is 10.5. The molecule has 0 radical (unpaired) electrons. The number of anilines is 1. The molecule has 0 aliphatic carbocycles. The Morgan fingerprint density at radius 2 is 1.95 bits per heavy atom. The Balaban J connectivity index is 1.99. The number of methoxy groups -OCH3 is 1. The van der Waals surface area contributed by atoms with E-state index < -0.39 is 0 Å². The average Bonchev–Trinajstić information content (AvgIpc) is 2.99. The van der Waals surface area contributed by atoms with E-state index in [9.17, 15) is 4.79 Å². The number of ether oxygens (including phenoxy) is 1. The van der Waals surface area contributed by atoms with Crippen molar-refractivity contribution >= 4 is 11.6 Å². The molecule has 2 aromatic rings. The van der Waals surface area contributed by atoms with Gasteiger partial charge in [0.25, 0.3) is 0 Å². The first-order valence-corrected chi connectivity index (χ1v) is 7.07. The van der Waals surface area contributed by atoms with Gasteiger partial charge in [0, 0.05) is 18.0 Å². The Kier molecular flexibility index (Phi) is 5.04. The van der Waals surface area contributed by atoms with Crippen LogP contribution in [-0.4, -0.2) is 13.0 Å². The molecular formula is C17H21NO3. The number of amides is 1. The minimum atomic E-state index is -0.0183. The highest BCUT2D eigenvalue weighted by atomic mass is 16.5. The molecule has 1 aromatic heterocycles. The molecule has 0 aliphatic heterocycles. The van der Waals surface area contributed by atoms with Crippen LogP contribution in [0.5, 0.6) is 5.75 Å². The third kappa shape index (κ3) is 4.12. The molecular weight excluding hydrogens is 266 g/mol. The maximum Gasteiger partial charge on any atom is 0.225 e. The van der Waals surface area contributed by atoms with Crippen molar-refractivity contribution in [3.05, 3.63) is 48.4 Å². The monoisotopic (exact) mass is 287 g/mol. The first-order valence-electron chi connectivity index (χ1n) is 7.07. The topological polar surface area (TPSA) is 51.5 Å². The molecule has 0 unspecified atom stereocenters. The Morgan fingerprint density at radius 3 is 2.48 bits per heavy atom. The highest BCUT2D eigenvalue weighted by molar-refractivity contribution is 5.91. The van der Waals surface area contributed by atoms with Crippen LogP contribution in [-0.2, 0) is 4.79 Å². The minimum absolute atomic E-state index is 0.0183. The number of furan rings is 1. The predicted octanol–water partition coefficient (Wildman–Crippen LogP) is 4.06. The molecule has 4 heteroatoms. The van der Waals surface area contributed by atoms with Crippen molar-refractivity contribution in [2.24, 2.45) is 5.92 Å².